The normalized spacial score (nSPS) is 16.3. The summed E-state index contributed by atoms with van der Waals surface area (Å²) in [6.07, 6.45) is 1.97. The van der Waals surface area contributed by atoms with Crippen molar-refractivity contribution in [2.24, 2.45) is 5.14 Å². The highest BCUT2D eigenvalue weighted by molar-refractivity contribution is 7.89. The Hall–Kier alpha value is -1.07. The predicted octanol–water partition coefficient (Wildman–Crippen LogP) is 0.716. The molecule has 0 spiro atoms. The van der Waals surface area contributed by atoms with Gasteiger partial charge in [-0.1, -0.05) is 12.1 Å². The van der Waals surface area contributed by atoms with Gasteiger partial charge in [0.15, 0.2) is 0 Å². The molecule has 1 heterocycles. The fraction of sp³-hybridized carbons (Fsp3) is 0.400. The van der Waals surface area contributed by atoms with E-state index in [1.807, 2.05) is 18.0 Å². The molecule has 2 N–H and O–H groups in total. The van der Waals surface area contributed by atoms with Crippen molar-refractivity contribution in [1.82, 2.24) is 0 Å². The summed E-state index contributed by atoms with van der Waals surface area (Å²) in [6, 6.07) is 5.27. The first-order chi connectivity index (χ1) is 7.00. The number of hydrogen-bond acceptors (Lipinski definition) is 3. The summed E-state index contributed by atoms with van der Waals surface area (Å²) in [6.45, 7) is 0.875. The maximum absolute atomic E-state index is 11.4. The molecule has 1 aromatic carbocycles. The fourth-order valence-corrected chi connectivity index (χ4v) is 2.88. The van der Waals surface area contributed by atoms with Crippen molar-refractivity contribution >= 4 is 15.7 Å². The quantitative estimate of drug-likeness (QED) is 0.767. The van der Waals surface area contributed by atoms with Gasteiger partial charge in [-0.2, -0.15) is 0 Å². The maximum Gasteiger partial charge on any atom is 0.240 e. The van der Waals surface area contributed by atoms with Crippen LogP contribution in [0.25, 0.3) is 0 Å². The standard InChI is InChI=1S/C10H14N2O2S/c1-12-7-3-5-8-4-2-6-9(10(8)12)15(11,13)14/h2,4,6H,3,5,7H2,1H3,(H2,11,13,14). The van der Waals surface area contributed by atoms with Crippen molar-refractivity contribution in [3.8, 4) is 0 Å². The molecule has 0 saturated carbocycles. The summed E-state index contributed by atoms with van der Waals surface area (Å²) in [5.74, 6) is 0. The number of para-hydroxylation sites is 1. The average Bonchev–Trinajstić information content (AvgIpc) is 2.16. The molecule has 5 heteroatoms. The Morgan fingerprint density at radius 2 is 2.13 bits per heavy atom. The third-order valence-corrected chi connectivity index (χ3v) is 3.65. The summed E-state index contributed by atoms with van der Waals surface area (Å²) in [4.78, 5) is 2.20. The van der Waals surface area contributed by atoms with E-state index in [1.165, 1.54) is 0 Å². The van der Waals surface area contributed by atoms with Crippen molar-refractivity contribution in [2.75, 3.05) is 18.5 Å². The first-order valence-electron chi connectivity index (χ1n) is 4.86. The zero-order valence-corrected chi connectivity index (χ0v) is 9.42. The van der Waals surface area contributed by atoms with Crippen molar-refractivity contribution in [3.05, 3.63) is 23.8 Å². The highest BCUT2D eigenvalue weighted by Crippen LogP contribution is 2.31. The predicted molar refractivity (Wildman–Crippen MR) is 59.4 cm³/mol. The van der Waals surface area contributed by atoms with Gasteiger partial charge in [0.2, 0.25) is 10.0 Å². The number of sulfonamides is 1. The first-order valence-corrected chi connectivity index (χ1v) is 6.40. The number of nitrogens with zero attached hydrogens (tertiary/aromatic N) is 1. The Bertz CT molecular complexity index is 482. The number of nitrogens with two attached hydrogens (primary N) is 1. The zero-order valence-electron chi connectivity index (χ0n) is 8.60. The summed E-state index contributed by atoms with van der Waals surface area (Å²) in [7, 11) is -1.72. The minimum Gasteiger partial charge on any atom is -0.373 e. The lowest BCUT2D eigenvalue weighted by molar-refractivity contribution is 0.596. The maximum atomic E-state index is 11.4. The summed E-state index contributed by atoms with van der Waals surface area (Å²) in [5.41, 5.74) is 1.83. The fourth-order valence-electron chi connectivity index (χ4n) is 2.05. The molecule has 0 unspecified atom stereocenters. The molecule has 2 rings (SSSR count). The monoisotopic (exact) mass is 226 g/mol. The molecular weight excluding hydrogens is 212 g/mol. The molecular formula is C10H14N2O2S. The van der Waals surface area contributed by atoms with Crippen LogP contribution >= 0.6 is 0 Å². The molecule has 1 aromatic rings. The number of fused-ring (bicyclic) bond motifs is 1. The van der Waals surface area contributed by atoms with Gasteiger partial charge in [-0.05, 0) is 24.5 Å². The van der Waals surface area contributed by atoms with Gasteiger partial charge >= 0.3 is 0 Å². The average molecular weight is 226 g/mol. The zero-order chi connectivity index (χ0) is 11.1. The minimum absolute atomic E-state index is 0.238. The molecule has 0 saturated heterocycles. The van der Waals surface area contributed by atoms with Gasteiger partial charge in [-0.3, -0.25) is 0 Å². The molecule has 0 bridgehead atoms. The highest BCUT2D eigenvalue weighted by atomic mass is 32.2. The van der Waals surface area contributed by atoms with Crippen LogP contribution in [0.15, 0.2) is 23.1 Å². The summed E-state index contributed by atoms with van der Waals surface area (Å²) >= 11 is 0. The summed E-state index contributed by atoms with van der Waals surface area (Å²) in [5, 5.41) is 5.19. The van der Waals surface area contributed by atoms with Gasteiger partial charge in [0.25, 0.3) is 0 Å². The van der Waals surface area contributed by atoms with E-state index in [9.17, 15) is 8.42 Å². The van der Waals surface area contributed by atoms with Crippen LogP contribution in [-0.4, -0.2) is 22.0 Å². The van der Waals surface area contributed by atoms with Gasteiger partial charge in [0.1, 0.15) is 4.90 Å². The van der Waals surface area contributed by atoms with Crippen molar-refractivity contribution in [3.63, 3.8) is 0 Å². The van der Waals surface area contributed by atoms with Gasteiger partial charge in [-0.25, -0.2) is 13.6 Å². The lowest BCUT2D eigenvalue weighted by Crippen LogP contribution is -2.28. The van der Waals surface area contributed by atoms with E-state index in [2.05, 4.69) is 0 Å². The second kappa shape index (κ2) is 3.50. The minimum atomic E-state index is -3.62. The van der Waals surface area contributed by atoms with E-state index < -0.39 is 10.0 Å². The SMILES string of the molecule is CN1CCCc2cccc(S(N)(=O)=O)c21. The van der Waals surface area contributed by atoms with E-state index in [1.54, 1.807) is 12.1 Å². The van der Waals surface area contributed by atoms with Crippen LogP contribution in [0.1, 0.15) is 12.0 Å². The van der Waals surface area contributed by atoms with E-state index in [4.69, 9.17) is 5.14 Å². The van der Waals surface area contributed by atoms with E-state index in [-0.39, 0.29) is 4.90 Å². The lowest BCUT2D eigenvalue weighted by atomic mass is 10.0. The molecule has 1 aliphatic rings. The molecule has 0 amide bonds. The van der Waals surface area contributed by atoms with E-state index in [0.717, 1.165) is 30.6 Å². The Kier molecular flexibility index (Phi) is 2.44. The molecule has 0 aliphatic carbocycles. The molecule has 0 atom stereocenters. The van der Waals surface area contributed by atoms with Crippen molar-refractivity contribution in [1.29, 1.82) is 0 Å². The number of hydrogen-bond donors (Lipinski definition) is 1. The largest absolute Gasteiger partial charge is 0.373 e. The first kappa shape index (κ1) is 10.4. The van der Waals surface area contributed by atoms with E-state index >= 15 is 0 Å². The molecule has 4 nitrogen and oxygen atoms in total. The molecule has 0 fully saturated rings. The molecule has 15 heavy (non-hydrogen) atoms. The number of aryl methyl sites for hydroxylation is 1. The van der Waals surface area contributed by atoms with Gasteiger partial charge in [-0.15, -0.1) is 0 Å². The Morgan fingerprint density at radius 3 is 2.80 bits per heavy atom. The highest BCUT2D eigenvalue weighted by Gasteiger charge is 2.22. The van der Waals surface area contributed by atoms with Crippen LogP contribution in [0, 0.1) is 0 Å². The molecule has 82 valence electrons. The van der Waals surface area contributed by atoms with Gasteiger partial charge in [0, 0.05) is 13.6 Å². The lowest BCUT2D eigenvalue weighted by Gasteiger charge is -2.29. The van der Waals surface area contributed by atoms with Crippen LogP contribution in [0.2, 0.25) is 0 Å². The summed E-state index contributed by atoms with van der Waals surface area (Å²) < 4.78 is 22.8. The van der Waals surface area contributed by atoms with Crippen molar-refractivity contribution in [2.45, 2.75) is 17.7 Å². The second-order valence-corrected chi connectivity index (χ2v) is 5.36. The Balaban J connectivity index is 2.67. The number of anilines is 1. The third-order valence-electron chi connectivity index (χ3n) is 2.71. The van der Waals surface area contributed by atoms with Crippen LogP contribution in [0.5, 0.6) is 0 Å². The third kappa shape index (κ3) is 1.85. The van der Waals surface area contributed by atoms with Crippen molar-refractivity contribution < 1.29 is 8.42 Å². The van der Waals surface area contributed by atoms with Crippen LogP contribution in [0.4, 0.5) is 5.69 Å². The van der Waals surface area contributed by atoms with Crippen LogP contribution < -0.4 is 10.0 Å². The van der Waals surface area contributed by atoms with E-state index in [0.29, 0.717) is 0 Å². The van der Waals surface area contributed by atoms with Gasteiger partial charge < -0.3 is 4.90 Å². The Morgan fingerprint density at radius 1 is 1.40 bits per heavy atom. The number of rotatable bonds is 1. The molecule has 0 radical (unpaired) electrons. The molecule has 1 aliphatic heterocycles. The van der Waals surface area contributed by atoms with Crippen LogP contribution in [-0.2, 0) is 16.4 Å². The number of primary sulfonamides is 1. The molecule has 0 aromatic heterocycles. The Labute approximate surface area is 89.7 Å². The topological polar surface area (TPSA) is 63.4 Å². The smallest absolute Gasteiger partial charge is 0.240 e. The van der Waals surface area contributed by atoms with Gasteiger partial charge in [0.05, 0.1) is 5.69 Å². The second-order valence-electron chi connectivity index (χ2n) is 3.83. The van der Waals surface area contributed by atoms with Crippen LogP contribution in [0.3, 0.4) is 0 Å². The number of benzene rings is 1.